The Morgan fingerprint density at radius 2 is 1.25 bits per heavy atom. The van der Waals surface area contributed by atoms with Gasteiger partial charge in [-0.05, 0) is 23.6 Å². The number of amides is 2. The van der Waals surface area contributed by atoms with Gasteiger partial charge in [0, 0.05) is 5.39 Å². The number of hydrazine groups is 1. The van der Waals surface area contributed by atoms with Crippen LogP contribution in [0.1, 0.15) is 0 Å². The molecule has 0 heterocycles. The van der Waals surface area contributed by atoms with E-state index in [2.05, 4.69) is 10.9 Å². The van der Waals surface area contributed by atoms with Crippen LogP contribution in [-0.2, 0) is 9.59 Å². The maximum absolute atomic E-state index is 11.9. The van der Waals surface area contributed by atoms with E-state index in [4.69, 9.17) is 14.2 Å². The number of fused-ring (bicyclic) bond motifs is 1. The molecule has 0 bridgehead atoms. The molecule has 2 N–H and O–H groups in total. The van der Waals surface area contributed by atoms with Crippen LogP contribution in [0.15, 0.2) is 66.7 Å². The first-order valence-corrected chi connectivity index (χ1v) is 8.61. The summed E-state index contributed by atoms with van der Waals surface area (Å²) in [5, 5.41) is 1.93. The van der Waals surface area contributed by atoms with Crippen molar-refractivity contribution in [1.82, 2.24) is 10.9 Å². The van der Waals surface area contributed by atoms with Crippen LogP contribution in [0, 0.1) is 0 Å². The number of hydrogen-bond donors (Lipinski definition) is 2. The van der Waals surface area contributed by atoms with Crippen LogP contribution in [0.2, 0.25) is 0 Å². The van der Waals surface area contributed by atoms with Crippen molar-refractivity contribution in [2.75, 3.05) is 20.3 Å². The molecule has 2 amide bonds. The summed E-state index contributed by atoms with van der Waals surface area (Å²) in [6, 6.07) is 20.3. The van der Waals surface area contributed by atoms with Gasteiger partial charge in [-0.25, -0.2) is 0 Å². The minimum absolute atomic E-state index is 0.234. The molecule has 0 saturated heterocycles. The first-order valence-electron chi connectivity index (χ1n) is 8.61. The summed E-state index contributed by atoms with van der Waals surface area (Å²) in [7, 11) is 1.51. The van der Waals surface area contributed by atoms with Gasteiger partial charge in [-0.1, -0.05) is 48.5 Å². The Hall–Kier alpha value is -3.74. The molecule has 0 atom stereocenters. The monoisotopic (exact) mass is 380 g/mol. The zero-order chi connectivity index (χ0) is 19.8. The van der Waals surface area contributed by atoms with E-state index in [1.54, 1.807) is 30.3 Å². The molecule has 3 rings (SSSR count). The number of hydrogen-bond acceptors (Lipinski definition) is 5. The number of nitrogens with one attached hydrogen (secondary N) is 2. The van der Waals surface area contributed by atoms with Crippen molar-refractivity contribution in [3.8, 4) is 17.2 Å². The zero-order valence-corrected chi connectivity index (χ0v) is 15.3. The molecule has 0 aliphatic heterocycles. The lowest BCUT2D eigenvalue weighted by atomic mass is 10.1. The molecule has 0 radical (unpaired) electrons. The SMILES string of the molecule is COc1ccccc1OCC(=O)NNC(=O)COc1cccc2ccccc12. The molecule has 28 heavy (non-hydrogen) atoms. The van der Waals surface area contributed by atoms with E-state index in [1.807, 2.05) is 36.4 Å². The van der Waals surface area contributed by atoms with Crippen LogP contribution in [0.3, 0.4) is 0 Å². The van der Waals surface area contributed by atoms with E-state index in [1.165, 1.54) is 7.11 Å². The fourth-order valence-corrected chi connectivity index (χ4v) is 2.56. The molecule has 0 aromatic heterocycles. The van der Waals surface area contributed by atoms with Crippen LogP contribution in [0.5, 0.6) is 17.2 Å². The van der Waals surface area contributed by atoms with Gasteiger partial charge in [0.1, 0.15) is 5.75 Å². The van der Waals surface area contributed by atoms with Crippen molar-refractivity contribution in [2.45, 2.75) is 0 Å². The molecular weight excluding hydrogens is 360 g/mol. The fourth-order valence-electron chi connectivity index (χ4n) is 2.56. The number of ether oxygens (including phenoxy) is 3. The standard InChI is InChI=1S/C21H20N2O5/c1-26-18-10-4-5-11-19(18)28-14-21(25)23-22-20(24)13-27-17-12-6-8-15-7-2-3-9-16(15)17/h2-12H,13-14H2,1H3,(H,22,24)(H,23,25). The second-order valence-electron chi connectivity index (χ2n) is 5.80. The van der Waals surface area contributed by atoms with Gasteiger partial charge in [-0.3, -0.25) is 20.4 Å². The normalized spacial score (nSPS) is 10.2. The van der Waals surface area contributed by atoms with Crippen LogP contribution < -0.4 is 25.1 Å². The number of para-hydroxylation sites is 2. The van der Waals surface area contributed by atoms with Gasteiger partial charge in [0.25, 0.3) is 11.8 Å². The molecule has 3 aromatic rings. The highest BCUT2D eigenvalue weighted by molar-refractivity contribution is 5.89. The van der Waals surface area contributed by atoms with Crippen molar-refractivity contribution >= 4 is 22.6 Å². The molecule has 0 unspecified atom stereocenters. The lowest BCUT2D eigenvalue weighted by molar-refractivity contribution is -0.131. The summed E-state index contributed by atoms with van der Waals surface area (Å²) in [5.41, 5.74) is 4.57. The summed E-state index contributed by atoms with van der Waals surface area (Å²) in [6.07, 6.45) is 0. The van der Waals surface area contributed by atoms with E-state index in [-0.39, 0.29) is 13.2 Å². The predicted molar refractivity (Wildman–Crippen MR) is 104 cm³/mol. The van der Waals surface area contributed by atoms with Crippen molar-refractivity contribution in [3.05, 3.63) is 66.7 Å². The molecule has 0 aliphatic rings. The summed E-state index contributed by atoms with van der Waals surface area (Å²) in [6.45, 7) is -0.507. The number of rotatable bonds is 7. The number of benzene rings is 3. The average molecular weight is 380 g/mol. The second kappa shape index (κ2) is 9.27. The topological polar surface area (TPSA) is 85.9 Å². The van der Waals surface area contributed by atoms with Gasteiger partial charge in [-0.15, -0.1) is 0 Å². The molecule has 0 aliphatic carbocycles. The van der Waals surface area contributed by atoms with Gasteiger partial charge < -0.3 is 14.2 Å². The quantitative estimate of drug-likeness (QED) is 0.615. The maximum atomic E-state index is 11.9. The molecule has 7 heteroatoms. The van der Waals surface area contributed by atoms with Crippen LogP contribution in [0.4, 0.5) is 0 Å². The smallest absolute Gasteiger partial charge is 0.276 e. The molecule has 0 spiro atoms. The first kappa shape index (κ1) is 19.0. The Morgan fingerprint density at radius 3 is 1.96 bits per heavy atom. The Balaban J connectivity index is 1.44. The van der Waals surface area contributed by atoms with E-state index in [0.717, 1.165) is 10.8 Å². The molecular formula is C21H20N2O5. The summed E-state index contributed by atoms with van der Waals surface area (Å²) in [5.74, 6) is 0.552. The molecule has 0 saturated carbocycles. The van der Waals surface area contributed by atoms with Gasteiger partial charge in [0.15, 0.2) is 24.7 Å². The maximum Gasteiger partial charge on any atom is 0.276 e. The van der Waals surface area contributed by atoms with Gasteiger partial charge >= 0.3 is 0 Å². The molecule has 3 aromatic carbocycles. The molecule has 0 fully saturated rings. The summed E-state index contributed by atoms with van der Waals surface area (Å²) in [4.78, 5) is 23.8. The summed E-state index contributed by atoms with van der Waals surface area (Å²) >= 11 is 0. The lowest BCUT2D eigenvalue weighted by Crippen LogP contribution is -2.45. The second-order valence-corrected chi connectivity index (χ2v) is 5.80. The minimum atomic E-state index is -0.510. The van der Waals surface area contributed by atoms with Crippen LogP contribution >= 0.6 is 0 Å². The van der Waals surface area contributed by atoms with E-state index in [0.29, 0.717) is 17.2 Å². The average Bonchev–Trinajstić information content (AvgIpc) is 2.74. The Bertz CT molecular complexity index is 968. The minimum Gasteiger partial charge on any atom is -0.493 e. The Kier molecular flexibility index (Phi) is 6.30. The third kappa shape index (κ3) is 4.91. The lowest BCUT2D eigenvalue weighted by Gasteiger charge is -2.12. The third-order valence-electron chi connectivity index (χ3n) is 3.88. The zero-order valence-electron chi connectivity index (χ0n) is 15.3. The highest BCUT2D eigenvalue weighted by atomic mass is 16.5. The number of carbonyl (C=O) groups excluding carboxylic acids is 2. The van der Waals surface area contributed by atoms with Gasteiger partial charge in [0.05, 0.1) is 7.11 Å². The highest BCUT2D eigenvalue weighted by Gasteiger charge is 2.09. The Morgan fingerprint density at radius 1 is 0.714 bits per heavy atom. The molecule has 7 nitrogen and oxygen atoms in total. The van der Waals surface area contributed by atoms with Crippen molar-refractivity contribution in [3.63, 3.8) is 0 Å². The fraction of sp³-hybridized carbons (Fsp3) is 0.143. The number of carbonyl (C=O) groups is 2. The van der Waals surface area contributed by atoms with Gasteiger partial charge in [0.2, 0.25) is 0 Å². The Labute approximate surface area is 162 Å². The van der Waals surface area contributed by atoms with Gasteiger partial charge in [-0.2, -0.15) is 0 Å². The summed E-state index contributed by atoms with van der Waals surface area (Å²) < 4.78 is 16.1. The van der Waals surface area contributed by atoms with E-state index >= 15 is 0 Å². The van der Waals surface area contributed by atoms with E-state index in [9.17, 15) is 9.59 Å². The van der Waals surface area contributed by atoms with Crippen molar-refractivity contribution in [1.29, 1.82) is 0 Å². The largest absolute Gasteiger partial charge is 0.493 e. The van der Waals surface area contributed by atoms with Crippen LogP contribution in [0.25, 0.3) is 10.8 Å². The third-order valence-corrected chi connectivity index (χ3v) is 3.88. The highest BCUT2D eigenvalue weighted by Crippen LogP contribution is 2.26. The van der Waals surface area contributed by atoms with Crippen molar-refractivity contribution in [2.24, 2.45) is 0 Å². The van der Waals surface area contributed by atoms with E-state index < -0.39 is 11.8 Å². The predicted octanol–water partition coefficient (Wildman–Crippen LogP) is 2.45. The first-order chi connectivity index (χ1) is 13.7. The van der Waals surface area contributed by atoms with Crippen molar-refractivity contribution < 1.29 is 23.8 Å². The van der Waals surface area contributed by atoms with Crippen LogP contribution in [-0.4, -0.2) is 32.1 Å². The number of methoxy groups -OCH3 is 1. The molecule has 144 valence electrons.